The SMILES string of the molecule is CCNC(=NCc1nc(C)c(C)s1)NC1CCN(CC2CCOC2)CC1.I. The average Bonchev–Trinajstić information content (AvgIpc) is 3.25. The van der Waals surface area contributed by atoms with E-state index < -0.39 is 0 Å². The number of hydrogen-bond donors (Lipinski definition) is 2. The van der Waals surface area contributed by atoms with Gasteiger partial charge >= 0.3 is 0 Å². The molecule has 27 heavy (non-hydrogen) atoms. The van der Waals surface area contributed by atoms with E-state index in [0.717, 1.165) is 42.3 Å². The van der Waals surface area contributed by atoms with E-state index in [1.54, 1.807) is 11.3 Å². The summed E-state index contributed by atoms with van der Waals surface area (Å²) in [5, 5.41) is 8.09. The van der Waals surface area contributed by atoms with Crippen LogP contribution >= 0.6 is 35.3 Å². The summed E-state index contributed by atoms with van der Waals surface area (Å²) in [4.78, 5) is 13.2. The fraction of sp³-hybridized carbons (Fsp3) is 0.789. The van der Waals surface area contributed by atoms with Crippen molar-refractivity contribution in [1.82, 2.24) is 20.5 Å². The van der Waals surface area contributed by atoms with Crippen molar-refractivity contribution in [3.63, 3.8) is 0 Å². The Kier molecular flexibility index (Phi) is 9.75. The van der Waals surface area contributed by atoms with Crippen LogP contribution in [0.2, 0.25) is 0 Å². The van der Waals surface area contributed by atoms with Gasteiger partial charge in [-0.15, -0.1) is 35.3 Å². The Hall–Kier alpha value is -0.450. The molecule has 2 fully saturated rings. The van der Waals surface area contributed by atoms with E-state index in [0.29, 0.717) is 12.6 Å². The highest BCUT2D eigenvalue weighted by Gasteiger charge is 2.24. The van der Waals surface area contributed by atoms with Crippen LogP contribution in [0.1, 0.15) is 41.8 Å². The summed E-state index contributed by atoms with van der Waals surface area (Å²) < 4.78 is 5.50. The second-order valence-electron chi connectivity index (χ2n) is 7.39. The molecule has 1 unspecified atom stereocenters. The molecule has 0 aromatic carbocycles. The smallest absolute Gasteiger partial charge is 0.191 e. The fourth-order valence-electron chi connectivity index (χ4n) is 3.62. The normalized spacial score (nSPS) is 21.9. The van der Waals surface area contributed by atoms with E-state index in [-0.39, 0.29) is 24.0 Å². The lowest BCUT2D eigenvalue weighted by Gasteiger charge is -2.34. The molecule has 0 aliphatic carbocycles. The predicted molar refractivity (Wildman–Crippen MR) is 123 cm³/mol. The van der Waals surface area contributed by atoms with Crippen molar-refractivity contribution in [2.45, 2.75) is 52.6 Å². The summed E-state index contributed by atoms with van der Waals surface area (Å²) in [6.07, 6.45) is 3.58. The molecule has 1 aromatic heterocycles. The van der Waals surface area contributed by atoms with Crippen LogP contribution in [0.3, 0.4) is 0 Å². The van der Waals surface area contributed by atoms with Gasteiger partial charge < -0.3 is 20.3 Å². The van der Waals surface area contributed by atoms with Gasteiger partial charge in [-0.2, -0.15) is 0 Å². The highest BCUT2D eigenvalue weighted by molar-refractivity contribution is 14.0. The van der Waals surface area contributed by atoms with E-state index in [1.165, 1.54) is 43.8 Å². The molecule has 0 amide bonds. The van der Waals surface area contributed by atoms with E-state index >= 15 is 0 Å². The Labute approximate surface area is 184 Å². The lowest BCUT2D eigenvalue weighted by Crippen LogP contribution is -2.49. The lowest BCUT2D eigenvalue weighted by atomic mass is 10.0. The zero-order valence-corrected chi connectivity index (χ0v) is 19.9. The molecule has 0 spiro atoms. The molecule has 2 aliphatic heterocycles. The third-order valence-corrected chi connectivity index (χ3v) is 6.32. The number of halogens is 1. The molecule has 1 atom stereocenters. The summed E-state index contributed by atoms with van der Waals surface area (Å²) in [7, 11) is 0. The Morgan fingerprint density at radius 1 is 1.30 bits per heavy atom. The van der Waals surface area contributed by atoms with Crippen LogP contribution in [-0.4, -0.2) is 61.3 Å². The van der Waals surface area contributed by atoms with E-state index in [9.17, 15) is 0 Å². The van der Waals surface area contributed by atoms with Crippen LogP contribution in [0, 0.1) is 19.8 Å². The Balaban J connectivity index is 0.00000261. The van der Waals surface area contributed by atoms with Crippen molar-refractivity contribution in [2.24, 2.45) is 10.9 Å². The number of likely N-dealkylation sites (tertiary alicyclic amines) is 1. The van der Waals surface area contributed by atoms with Gasteiger partial charge in [-0.3, -0.25) is 0 Å². The number of aromatic nitrogens is 1. The molecule has 154 valence electrons. The van der Waals surface area contributed by atoms with Crippen LogP contribution in [0.4, 0.5) is 0 Å². The van der Waals surface area contributed by atoms with Gasteiger partial charge in [-0.1, -0.05) is 0 Å². The quantitative estimate of drug-likeness (QED) is 0.352. The molecule has 2 aliphatic rings. The topological polar surface area (TPSA) is 61.8 Å². The maximum Gasteiger partial charge on any atom is 0.191 e. The van der Waals surface area contributed by atoms with Gasteiger partial charge in [0.05, 0.1) is 18.8 Å². The summed E-state index contributed by atoms with van der Waals surface area (Å²) >= 11 is 1.75. The first-order chi connectivity index (χ1) is 12.6. The Morgan fingerprint density at radius 2 is 2.07 bits per heavy atom. The number of rotatable bonds is 6. The van der Waals surface area contributed by atoms with Crippen molar-refractivity contribution >= 4 is 41.3 Å². The third-order valence-electron chi connectivity index (χ3n) is 5.26. The number of aliphatic imine (C=N–C) groups is 1. The minimum absolute atomic E-state index is 0. The number of aryl methyl sites for hydroxylation is 2. The number of ether oxygens (including phenoxy) is 1. The van der Waals surface area contributed by atoms with Gasteiger partial charge in [0.15, 0.2) is 5.96 Å². The van der Waals surface area contributed by atoms with Gasteiger partial charge in [0.2, 0.25) is 0 Å². The van der Waals surface area contributed by atoms with Gasteiger partial charge in [0.25, 0.3) is 0 Å². The fourth-order valence-corrected chi connectivity index (χ4v) is 4.48. The molecule has 2 N–H and O–H groups in total. The van der Waals surface area contributed by atoms with Crippen molar-refractivity contribution in [3.8, 4) is 0 Å². The Bertz CT molecular complexity index is 575. The van der Waals surface area contributed by atoms with Gasteiger partial charge in [-0.25, -0.2) is 9.98 Å². The summed E-state index contributed by atoms with van der Waals surface area (Å²) in [5.41, 5.74) is 1.12. The predicted octanol–water partition coefficient (Wildman–Crippen LogP) is 2.93. The van der Waals surface area contributed by atoms with E-state index in [2.05, 4.69) is 41.3 Å². The van der Waals surface area contributed by atoms with Crippen molar-refractivity contribution < 1.29 is 4.74 Å². The number of nitrogens with one attached hydrogen (secondary N) is 2. The monoisotopic (exact) mass is 507 g/mol. The van der Waals surface area contributed by atoms with Crippen LogP contribution in [0.5, 0.6) is 0 Å². The highest BCUT2D eigenvalue weighted by atomic mass is 127. The second kappa shape index (κ2) is 11.5. The summed E-state index contributed by atoms with van der Waals surface area (Å²) in [6.45, 7) is 13.2. The highest BCUT2D eigenvalue weighted by Crippen LogP contribution is 2.18. The van der Waals surface area contributed by atoms with Gasteiger partial charge in [0, 0.05) is 43.7 Å². The van der Waals surface area contributed by atoms with Crippen molar-refractivity contribution in [1.29, 1.82) is 0 Å². The number of hydrogen-bond acceptors (Lipinski definition) is 5. The first kappa shape index (κ1) is 22.8. The molecular weight excluding hydrogens is 473 g/mol. The molecule has 0 saturated carbocycles. The zero-order valence-electron chi connectivity index (χ0n) is 16.8. The molecule has 3 heterocycles. The molecule has 0 bridgehead atoms. The second-order valence-corrected chi connectivity index (χ2v) is 8.68. The summed E-state index contributed by atoms with van der Waals surface area (Å²) in [5.74, 6) is 1.66. The van der Waals surface area contributed by atoms with Crippen LogP contribution < -0.4 is 10.6 Å². The number of guanidine groups is 1. The first-order valence-corrected chi connectivity index (χ1v) is 10.7. The van der Waals surface area contributed by atoms with Crippen molar-refractivity contribution in [2.75, 3.05) is 39.4 Å². The number of piperidine rings is 1. The van der Waals surface area contributed by atoms with Crippen LogP contribution in [-0.2, 0) is 11.3 Å². The van der Waals surface area contributed by atoms with Crippen LogP contribution in [0.25, 0.3) is 0 Å². The molecule has 6 nitrogen and oxygen atoms in total. The van der Waals surface area contributed by atoms with E-state index in [1.807, 2.05) is 0 Å². The molecule has 8 heteroatoms. The van der Waals surface area contributed by atoms with Gasteiger partial charge in [0.1, 0.15) is 5.01 Å². The molecular formula is C19H34IN5OS. The molecule has 3 rings (SSSR count). The third kappa shape index (κ3) is 7.14. The maximum atomic E-state index is 5.50. The maximum absolute atomic E-state index is 5.50. The average molecular weight is 507 g/mol. The molecule has 1 aromatic rings. The zero-order chi connectivity index (χ0) is 18.4. The largest absolute Gasteiger partial charge is 0.381 e. The van der Waals surface area contributed by atoms with Crippen molar-refractivity contribution in [3.05, 3.63) is 15.6 Å². The first-order valence-electron chi connectivity index (χ1n) is 9.92. The number of thiazole rings is 1. The van der Waals surface area contributed by atoms with Gasteiger partial charge in [-0.05, 0) is 46.0 Å². The molecule has 0 radical (unpaired) electrons. The van der Waals surface area contributed by atoms with E-state index in [4.69, 9.17) is 9.73 Å². The number of nitrogens with zero attached hydrogens (tertiary/aromatic N) is 3. The minimum Gasteiger partial charge on any atom is -0.381 e. The Morgan fingerprint density at radius 3 is 2.67 bits per heavy atom. The standard InChI is InChI=1S/C19H33N5OS.HI/c1-4-20-19(21-11-18-22-14(2)15(3)26-18)23-17-5-8-24(9-6-17)12-16-7-10-25-13-16;/h16-17H,4-13H2,1-3H3,(H2,20,21,23);1H. The molecule has 2 saturated heterocycles. The van der Waals surface area contributed by atoms with Crippen LogP contribution in [0.15, 0.2) is 4.99 Å². The summed E-state index contributed by atoms with van der Waals surface area (Å²) in [6, 6.07) is 0.503. The minimum atomic E-state index is 0. The lowest BCUT2D eigenvalue weighted by molar-refractivity contribution is 0.150.